The van der Waals surface area contributed by atoms with E-state index in [1.165, 1.54) is 6.92 Å². The first-order chi connectivity index (χ1) is 7.24. The molecule has 0 bridgehead atoms. The number of hydrogen-bond acceptors (Lipinski definition) is 2. The number of hydrogen-bond donors (Lipinski definition) is 1. The predicted octanol–water partition coefficient (Wildman–Crippen LogP) is 1.84. The van der Waals surface area contributed by atoms with Gasteiger partial charge in [-0.05, 0) is 18.1 Å². The molecule has 2 rings (SSSR count). The summed E-state index contributed by atoms with van der Waals surface area (Å²) in [7, 11) is 0. The summed E-state index contributed by atoms with van der Waals surface area (Å²) < 4.78 is 1.63. The topological polar surface area (TPSA) is 42.2 Å². The van der Waals surface area contributed by atoms with Gasteiger partial charge in [0.2, 0.25) is 5.91 Å². The molecule has 2 aromatic rings. The second kappa shape index (κ2) is 3.87. The van der Waals surface area contributed by atoms with Gasteiger partial charge in [-0.15, -0.1) is 0 Å². The highest BCUT2D eigenvalue weighted by Gasteiger charge is 2.09. The van der Waals surface area contributed by atoms with Gasteiger partial charge in [0.1, 0.15) is 0 Å². The first-order valence-corrected chi connectivity index (χ1v) is 4.95. The molecule has 0 aliphatic carbocycles. The highest BCUT2D eigenvalue weighted by molar-refractivity contribution is 5.93. The normalized spacial score (nSPS) is 10.8. The van der Waals surface area contributed by atoms with Crippen LogP contribution in [-0.4, -0.2) is 22.2 Å². The minimum absolute atomic E-state index is 0.00427. The van der Waals surface area contributed by atoms with Crippen LogP contribution in [0.15, 0.2) is 30.5 Å². The lowest BCUT2D eigenvalue weighted by Gasteiger charge is -1.97. The molecule has 1 aromatic carbocycles. The van der Waals surface area contributed by atoms with E-state index in [1.807, 2.05) is 30.5 Å². The third-order valence-electron chi connectivity index (χ3n) is 2.51. The lowest BCUT2D eigenvalue weighted by Crippen LogP contribution is -2.02. The van der Waals surface area contributed by atoms with Crippen molar-refractivity contribution in [3.05, 3.63) is 36.0 Å². The van der Waals surface area contributed by atoms with Gasteiger partial charge < -0.3 is 5.11 Å². The summed E-state index contributed by atoms with van der Waals surface area (Å²) in [6.45, 7) is 1.64. The van der Waals surface area contributed by atoms with E-state index in [4.69, 9.17) is 5.11 Å². The quantitative estimate of drug-likeness (QED) is 0.809. The van der Waals surface area contributed by atoms with E-state index >= 15 is 0 Å². The number of rotatable bonds is 2. The maximum atomic E-state index is 11.4. The summed E-state index contributed by atoms with van der Waals surface area (Å²) >= 11 is 0. The SMILES string of the molecule is CC(=O)n1cc(CCO)c2ccccc21. The molecule has 0 unspecified atom stereocenters. The van der Waals surface area contributed by atoms with Crippen LogP contribution in [0.1, 0.15) is 17.3 Å². The maximum Gasteiger partial charge on any atom is 0.227 e. The summed E-state index contributed by atoms with van der Waals surface area (Å²) in [6, 6.07) is 7.73. The molecule has 1 N–H and O–H groups in total. The Balaban J connectivity index is 2.67. The van der Waals surface area contributed by atoms with Crippen LogP contribution in [0.2, 0.25) is 0 Å². The number of para-hydroxylation sites is 1. The predicted molar refractivity (Wildman–Crippen MR) is 59.0 cm³/mol. The zero-order valence-electron chi connectivity index (χ0n) is 8.60. The van der Waals surface area contributed by atoms with Gasteiger partial charge in [0.25, 0.3) is 0 Å². The Bertz CT molecular complexity index is 499. The molecule has 3 nitrogen and oxygen atoms in total. The number of aromatic nitrogens is 1. The van der Waals surface area contributed by atoms with Crippen LogP contribution in [0, 0.1) is 0 Å². The van der Waals surface area contributed by atoms with Crippen LogP contribution in [-0.2, 0) is 6.42 Å². The molecule has 1 heterocycles. The van der Waals surface area contributed by atoms with E-state index in [9.17, 15) is 4.79 Å². The smallest absolute Gasteiger partial charge is 0.227 e. The van der Waals surface area contributed by atoms with Crippen molar-refractivity contribution in [3.8, 4) is 0 Å². The molecule has 0 radical (unpaired) electrons. The fourth-order valence-corrected chi connectivity index (χ4v) is 1.83. The van der Waals surface area contributed by atoms with Gasteiger partial charge in [0.15, 0.2) is 0 Å². The van der Waals surface area contributed by atoms with E-state index in [1.54, 1.807) is 4.57 Å². The van der Waals surface area contributed by atoms with Gasteiger partial charge in [0, 0.05) is 25.1 Å². The summed E-state index contributed by atoms with van der Waals surface area (Å²) in [5.74, 6) is -0.00427. The average molecular weight is 203 g/mol. The van der Waals surface area contributed by atoms with Crippen LogP contribution >= 0.6 is 0 Å². The summed E-state index contributed by atoms with van der Waals surface area (Å²) in [6.07, 6.45) is 2.39. The molecule has 0 aliphatic heterocycles. The minimum atomic E-state index is -0.00427. The van der Waals surface area contributed by atoms with Crippen molar-refractivity contribution in [2.75, 3.05) is 6.61 Å². The van der Waals surface area contributed by atoms with Crippen molar-refractivity contribution >= 4 is 16.8 Å². The van der Waals surface area contributed by atoms with Crippen molar-refractivity contribution in [2.24, 2.45) is 0 Å². The number of aliphatic hydroxyl groups excluding tert-OH is 1. The highest BCUT2D eigenvalue weighted by Crippen LogP contribution is 2.21. The second-order valence-corrected chi connectivity index (χ2v) is 3.53. The molecule has 0 atom stereocenters. The summed E-state index contributed by atoms with van der Waals surface area (Å²) in [4.78, 5) is 11.4. The first kappa shape index (κ1) is 9.93. The number of nitrogens with zero attached hydrogens (tertiary/aromatic N) is 1. The summed E-state index contributed by atoms with van der Waals surface area (Å²) in [5.41, 5.74) is 1.93. The number of aliphatic hydroxyl groups is 1. The Kier molecular flexibility index (Phi) is 2.56. The molecule has 0 saturated carbocycles. The van der Waals surface area contributed by atoms with E-state index in [-0.39, 0.29) is 12.5 Å². The van der Waals surface area contributed by atoms with Crippen LogP contribution in [0.25, 0.3) is 10.9 Å². The fourth-order valence-electron chi connectivity index (χ4n) is 1.83. The molecule has 1 aromatic heterocycles. The second-order valence-electron chi connectivity index (χ2n) is 3.53. The molecule has 0 amide bonds. The van der Waals surface area contributed by atoms with Crippen molar-refractivity contribution in [3.63, 3.8) is 0 Å². The molecule has 15 heavy (non-hydrogen) atoms. The summed E-state index contributed by atoms with van der Waals surface area (Å²) in [5, 5.41) is 9.98. The zero-order chi connectivity index (χ0) is 10.8. The molecular formula is C12H13NO2. The molecule has 0 saturated heterocycles. The van der Waals surface area contributed by atoms with Crippen molar-refractivity contribution in [2.45, 2.75) is 13.3 Å². The van der Waals surface area contributed by atoms with Crippen molar-refractivity contribution in [1.29, 1.82) is 0 Å². The lowest BCUT2D eigenvalue weighted by molar-refractivity contribution is 0.0941. The van der Waals surface area contributed by atoms with Crippen LogP contribution in [0.3, 0.4) is 0 Å². The van der Waals surface area contributed by atoms with Gasteiger partial charge in [0.05, 0.1) is 5.52 Å². The molecule has 0 fully saturated rings. The Morgan fingerprint density at radius 3 is 2.80 bits per heavy atom. The van der Waals surface area contributed by atoms with E-state index < -0.39 is 0 Å². The van der Waals surface area contributed by atoms with Gasteiger partial charge in [-0.25, -0.2) is 0 Å². The highest BCUT2D eigenvalue weighted by atomic mass is 16.3. The Hall–Kier alpha value is -1.61. The van der Waals surface area contributed by atoms with Crippen molar-refractivity contribution in [1.82, 2.24) is 4.57 Å². The van der Waals surface area contributed by atoms with Crippen LogP contribution in [0.4, 0.5) is 0 Å². The van der Waals surface area contributed by atoms with Gasteiger partial charge in [-0.2, -0.15) is 0 Å². The van der Waals surface area contributed by atoms with Crippen molar-refractivity contribution < 1.29 is 9.90 Å². The number of fused-ring (bicyclic) bond motifs is 1. The molecular weight excluding hydrogens is 190 g/mol. The largest absolute Gasteiger partial charge is 0.396 e. The lowest BCUT2D eigenvalue weighted by atomic mass is 10.1. The first-order valence-electron chi connectivity index (χ1n) is 4.95. The van der Waals surface area contributed by atoms with E-state index in [2.05, 4.69) is 0 Å². The Morgan fingerprint density at radius 1 is 1.40 bits per heavy atom. The van der Waals surface area contributed by atoms with Gasteiger partial charge in [-0.1, -0.05) is 18.2 Å². The third-order valence-corrected chi connectivity index (χ3v) is 2.51. The molecule has 3 heteroatoms. The molecule has 0 aliphatic rings. The van der Waals surface area contributed by atoms with E-state index in [0.29, 0.717) is 6.42 Å². The van der Waals surface area contributed by atoms with E-state index in [0.717, 1.165) is 16.5 Å². The Morgan fingerprint density at radius 2 is 2.13 bits per heavy atom. The monoisotopic (exact) mass is 203 g/mol. The van der Waals surface area contributed by atoms with Gasteiger partial charge >= 0.3 is 0 Å². The van der Waals surface area contributed by atoms with Crippen LogP contribution < -0.4 is 0 Å². The fraction of sp³-hybridized carbons (Fsp3) is 0.250. The van der Waals surface area contributed by atoms with Gasteiger partial charge in [-0.3, -0.25) is 9.36 Å². The average Bonchev–Trinajstić information content (AvgIpc) is 2.59. The molecule has 0 spiro atoms. The number of carbonyl (C=O) groups is 1. The Labute approximate surface area is 87.9 Å². The zero-order valence-corrected chi connectivity index (χ0v) is 8.60. The standard InChI is InChI=1S/C12H13NO2/c1-9(15)13-8-10(6-7-14)11-4-2-3-5-12(11)13/h2-5,8,14H,6-7H2,1H3. The minimum Gasteiger partial charge on any atom is -0.396 e. The maximum absolute atomic E-state index is 11.4. The number of carbonyl (C=O) groups excluding carboxylic acids is 1. The third kappa shape index (κ3) is 1.66. The number of benzene rings is 1. The molecule has 78 valence electrons. The van der Waals surface area contributed by atoms with Crippen LogP contribution in [0.5, 0.6) is 0 Å².